The number of hydrogen-bond acceptors (Lipinski definition) is 5. The summed E-state index contributed by atoms with van der Waals surface area (Å²) in [6.07, 6.45) is -0.173. The van der Waals surface area contributed by atoms with E-state index in [0.29, 0.717) is 5.56 Å². The summed E-state index contributed by atoms with van der Waals surface area (Å²) in [4.78, 5) is 22.7. The van der Waals surface area contributed by atoms with Crippen molar-refractivity contribution < 1.29 is 28.2 Å². The van der Waals surface area contributed by atoms with Crippen LogP contribution in [0, 0.1) is 6.92 Å². The number of aryl methyl sites for hydroxylation is 1. The number of amides is 1. The average molecular weight is 392 g/mol. The summed E-state index contributed by atoms with van der Waals surface area (Å²) in [7, 11) is -4.03. The minimum atomic E-state index is -4.03. The Morgan fingerprint density at radius 1 is 1.11 bits per heavy atom. The van der Waals surface area contributed by atoms with E-state index in [1.807, 2.05) is 0 Å². The maximum absolute atomic E-state index is 12.4. The van der Waals surface area contributed by atoms with Gasteiger partial charge in [0.05, 0.1) is 10.6 Å². The lowest BCUT2D eigenvalue weighted by Crippen LogP contribution is -2.42. The molecule has 0 saturated heterocycles. The van der Waals surface area contributed by atoms with Gasteiger partial charge in [0.15, 0.2) is 0 Å². The van der Waals surface area contributed by atoms with E-state index in [0.717, 1.165) is 5.56 Å². The number of benzene rings is 2. The van der Waals surface area contributed by atoms with Crippen molar-refractivity contribution in [2.75, 3.05) is 5.32 Å². The molecule has 0 fully saturated rings. The first-order valence-corrected chi connectivity index (χ1v) is 9.48. The van der Waals surface area contributed by atoms with Crippen molar-refractivity contribution in [1.29, 1.82) is 0 Å². The summed E-state index contributed by atoms with van der Waals surface area (Å²) in [6, 6.07) is 8.75. The summed E-state index contributed by atoms with van der Waals surface area (Å²) >= 11 is 0. The standard InChI is InChI=1S/C18H20N2O6S/c1-11-3-6-14(7-4-11)27(25,26)20-16(18(23)24)10-13-5-8-17(22)15(9-13)19-12(2)21/h3-9,16,20,22H,10H2,1-2H3,(H,19,21)(H,23,24). The van der Waals surface area contributed by atoms with Crippen LogP contribution in [0.15, 0.2) is 47.4 Å². The first-order valence-electron chi connectivity index (χ1n) is 8.00. The second-order valence-corrected chi connectivity index (χ2v) is 7.78. The summed E-state index contributed by atoms with van der Waals surface area (Å²) < 4.78 is 27.1. The Kier molecular flexibility index (Phi) is 6.19. The number of aromatic hydroxyl groups is 1. The minimum absolute atomic E-state index is 0.0380. The number of sulfonamides is 1. The number of carbonyl (C=O) groups excluding carboxylic acids is 1. The molecular weight excluding hydrogens is 372 g/mol. The molecule has 1 unspecified atom stereocenters. The lowest BCUT2D eigenvalue weighted by molar-refractivity contribution is -0.138. The summed E-state index contributed by atoms with van der Waals surface area (Å²) in [5.74, 6) is -1.93. The maximum Gasteiger partial charge on any atom is 0.322 e. The summed E-state index contributed by atoms with van der Waals surface area (Å²) in [5, 5.41) is 21.6. The second kappa shape index (κ2) is 8.19. The van der Waals surface area contributed by atoms with Gasteiger partial charge in [0.1, 0.15) is 11.8 Å². The van der Waals surface area contributed by atoms with Gasteiger partial charge in [-0.05, 0) is 43.2 Å². The van der Waals surface area contributed by atoms with Crippen molar-refractivity contribution in [3.05, 3.63) is 53.6 Å². The van der Waals surface area contributed by atoms with Gasteiger partial charge in [-0.1, -0.05) is 23.8 Å². The highest BCUT2D eigenvalue weighted by molar-refractivity contribution is 7.89. The molecule has 4 N–H and O–H groups in total. The minimum Gasteiger partial charge on any atom is -0.506 e. The molecule has 0 bridgehead atoms. The van der Waals surface area contributed by atoms with Crippen LogP contribution in [-0.2, 0) is 26.0 Å². The number of carboxylic acids is 1. The van der Waals surface area contributed by atoms with Crippen LogP contribution in [0.25, 0.3) is 0 Å². The SMILES string of the molecule is CC(=O)Nc1cc(CC(NS(=O)(=O)c2ccc(C)cc2)C(=O)O)ccc1O. The Hall–Kier alpha value is -2.91. The molecule has 0 heterocycles. The Morgan fingerprint density at radius 3 is 2.30 bits per heavy atom. The van der Waals surface area contributed by atoms with Gasteiger partial charge in [-0.2, -0.15) is 4.72 Å². The number of anilines is 1. The monoisotopic (exact) mass is 392 g/mol. The first kappa shape index (κ1) is 20.4. The largest absolute Gasteiger partial charge is 0.506 e. The van der Waals surface area contributed by atoms with Gasteiger partial charge in [-0.25, -0.2) is 8.42 Å². The molecule has 0 aliphatic carbocycles. The molecular formula is C18H20N2O6S. The van der Waals surface area contributed by atoms with Crippen LogP contribution < -0.4 is 10.0 Å². The van der Waals surface area contributed by atoms with Crippen molar-refractivity contribution in [1.82, 2.24) is 4.72 Å². The quantitative estimate of drug-likeness (QED) is 0.530. The second-order valence-electron chi connectivity index (χ2n) is 6.06. The first-order chi connectivity index (χ1) is 12.6. The Labute approximate surface area is 156 Å². The van der Waals surface area contributed by atoms with Gasteiger partial charge >= 0.3 is 5.97 Å². The fourth-order valence-electron chi connectivity index (χ4n) is 2.39. The van der Waals surface area contributed by atoms with Crippen molar-refractivity contribution in [3.8, 4) is 5.75 Å². The number of aliphatic carboxylic acids is 1. The lowest BCUT2D eigenvalue weighted by atomic mass is 10.1. The van der Waals surface area contributed by atoms with Crippen molar-refractivity contribution in [2.24, 2.45) is 0 Å². The third-order valence-electron chi connectivity index (χ3n) is 3.74. The van der Waals surface area contributed by atoms with Gasteiger partial charge in [-0.3, -0.25) is 9.59 Å². The highest BCUT2D eigenvalue weighted by Gasteiger charge is 2.26. The highest BCUT2D eigenvalue weighted by atomic mass is 32.2. The van der Waals surface area contributed by atoms with E-state index >= 15 is 0 Å². The van der Waals surface area contributed by atoms with E-state index in [2.05, 4.69) is 10.0 Å². The molecule has 0 aliphatic rings. The van der Waals surface area contributed by atoms with Crippen LogP contribution in [0.5, 0.6) is 5.75 Å². The van der Waals surface area contributed by atoms with Crippen LogP contribution in [-0.4, -0.2) is 36.5 Å². The molecule has 1 atom stereocenters. The Morgan fingerprint density at radius 2 is 1.74 bits per heavy atom. The van der Waals surface area contributed by atoms with Gasteiger partial charge in [0, 0.05) is 6.92 Å². The number of phenols is 1. The summed E-state index contributed by atoms with van der Waals surface area (Å²) in [6.45, 7) is 3.07. The van der Waals surface area contributed by atoms with E-state index in [1.165, 1.54) is 37.3 Å². The lowest BCUT2D eigenvalue weighted by Gasteiger charge is -2.16. The van der Waals surface area contributed by atoms with Crippen LogP contribution in [0.3, 0.4) is 0 Å². The smallest absolute Gasteiger partial charge is 0.322 e. The highest BCUT2D eigenvalue weighted by Crippen LogP contribution is 2.25. The number of hydrogen-bond donors (Lipinski definition) is 4. The zero-order valence-corrected chi connectivity index (χ0v) is 15.6. The zero-order valence-electron chi connectivity index (χ0n) is 14.8. The van der Waals surface area contributed by atoms with E-state index in [9.17, 15) is 28.2 Å². The van der Waals surface area contributed by atoms with Crippen LogP contribution >= 0.6 is 0 Å². The van der Waals surface area contributed by atoms with E-state index in [4.69, 9.17) is 0 Å². The number of rotatable bonds is 7. The Balaban J connectivity index is 2.24. The molecule has 144 valence electrons. The predicted octanol–water partition coefficient (Wildman–Crippen LogP) is 1.63. The molecule has 0 aromatic heterocycles. The van der Waals surface area contributed by atoms with Crippen LogP contribution in [0.1, 0.15) is 18.1 Å². The maximum atomic E-state index is 12.4. The van der Waals surface area contributed by atoms with Gasteiger partial charge in [0.2, 0.25) is 15.9 Å². The molecule has 0 aliphatic heterocycles. The molecule has 0 spiro atoms. The number of carbonyl (C=O) groups is 2. The molecule has 9 heteroatoms. The van der Waals surface area contributed by atoms with Gasteiger partial charge < -0.3 is 15.5 Å². The van der Waals surface area contributed by atoms with Crippen molar-refractivity contribution in [3.63, 3.8) is 0 Å². The van der Waals surface area contributed by atoms with Crippen LogP contribution in [0.2, 0.25) is 0 Å². The molecule has 27 heavy (non-hydrogen) atoms. The molecule has 0 radical (unpaired) electrons. The average Bonchev–Trinajstić information content (AvgIpc) is 2.57. The fraction of sp³-hybridized carbons (Fsp3) is 0.222. The Bertz CT molecular complexity index is 954. The predicted molar refractivity (Wildman–Crippen MR) is 99.0 cm³/mol. The summed E-state index contributed by atoms with van der Waals surface area (Å²) in [5.41, 5.74) is 1.42. The van der Waals surface area contributed by atoms with Gasteiger partial charge in [0.25, 0.3) is 0 Å². The molecule has 8 nitrogen and oxygen atoms in total. The molecule has 2 rings (SSSR count). The van der Waals surface area contributed by atoms with Crippen LogP contribution in [0.4, 0.5) is 5.69 Å². The third kappa shape index (κ3) is 5.53. The third-order valence-corrected chi connectivity index (χ3v) is 5.23. The fourth-order valence-corrected chi connectivity index (χ4v) is 3.58. The van der Waals surface area contributed by atoms with E-state index in [1.54, 1.807) is 19.1 Å². The molecule has 1 amide bonds. The topological polar surface area (TPSA) is 133 Å². The number of carboxylic acid groups (broad SMARTS) is 1. The molecule has 2 aromatic carbocycles. The number of nitrogens with one attached hydrogen (secondary N) is 2. The zero-order chi connectivity index (χ0) is 20.2. The van der Waals surface area contributed by atoms with Crippen molar-refractivity contribution in [2.45, 2.75) is 31.2 Å². The molecule has 0 saturated carbocycles. The normalized spacial score (nSPS) is 12.4. The van der Waals surface area contributed by atoms with Crippen molar-refractivity contribution >= 4 is 27.6 Å². The molecule has 2 aromatic rings. The van der Waals surface area contributed by atoms with Gasteiger partial charge in [-0.15, -0.1) is 0 Å². The van der Waals surface area contributed by atoms with E-state index in [-0.39, 0.29) is 22.8 Å². The van der Waals surface area contributed by atoms with E-state index < -0.39 is 27.9 Å². The number of phenolic OH excluding ortho intramolecular Hbond substituents is 1.